The number of benzene rings is 5. The van der Waals surface area contributed by atoms with Crippen molar-refractivity contribution in [2.75, 3.05) is 0 Å². The van der Waals surface area contributed by atoms with Gasteiger partial charge in [0.15, 0.2) is 0 Å². The van der Waals surface area contributed by atoms with E-state index in [9.17, 15) is 0 Å². The van der Waals surface area contributed by atoms with Crippen LogP contribution in [-0.4, -0.2) is 0 Å². The molecule has 0 heterocycles. The summed E-state index contributed by atoms with van der Waals surface area (Å²) in [5.41, 5.74) is 7.41. The van der Waals surface area contributed by atoms with Crippen molar-refractivity contribution in [2.45, 2.75) is 5.41 Å². The summed E-state index contributed by atoms with van der Waals surface area (Å²) in [5, 5.41) is 3.31. The van der Waals surface area contributed by atoms with Gasteiger partial charge in [-0.15, -0.1) is 0 Å². The van der Waals surface area contributed by atoms with Gasteiger partial charge in [-0.05, 0) is 56.3 Å². The second kappa shape index (κ2) is 6.58. The van der Waals surface area contributed by atoms with Crippen LogP contribution in [0.5, 0.6) is 0 Å². The van der Waals surface area contributed by atoms with Gasteiger partial charge in [0.25, 0.3) is 0 Å². The highest BCUT2D eigenvalue weighted by atomic mass is 35.5. The minimum absolute atomic E-state index is 0.390. The average Bonchev–Trinajstić information content (AvgIpc) is 3.12. The molecule has 1 aliphatic rings. The maximum absolute atomic E-state index is 6.31. The molecule has 1 aliphatic carbocycles. The summed E-state index contributed by atoms with van der Waals surface area (Å²) in [5.74, 6) is 0. The number of fused-ring (bicyclic) bond motifs is 5. The summed E-state index contributed by atoms with van der Waals surface area (Å²) in [6.07, 6.45) is 0. The summed E-state index contributed by atoms with van der Waals surface area (Å²) in [6.45, 7) is 0. The van der Waals surface area contributed by atoms with Gasteiger partial charge in [-0.3, -0.25) is 0 Å². The molecule has 1 heteroatoms. The molecule has 0 amide bonds. The standard InChI is InChI=1S/C29H19Cl/c30-23-17-15-22(16-18-23)29(21-9-2-1-3-10-21)27-13-7-6-12-25(27)26-19-14-20-8-4-5-11-24(20)28(26)29/h1-19H. The SMILES string of the molecule is Clc1ccc(C2(c3ccccc3)c3ccccc3-c3ccc4ccccc4c32)cc1. The van der Waals surface area contributed by atoms with Gasteiger partial charge in [-0.25, -0.2) is 0 Å². The Morgan fingerprint density at radius 3 is 2.00 bits per heavy atom. The molecule has 142 valence electrons. The first-order chi connectivity index (χ1) is 14.8. The van der Waals surface area contributed by atoms with Crippen LogP contribution in [0.3, 0.4) is 0 Å². The highest BCUT2D eigenvalue weighted by molar-refractivity contribution is 6.30. The fraction of sp³-hybridized carbons (Fsp3) is 0.0345. The number of hydrogen-bond acceptors (Lipinski definition) is 0. The van der Waals surface area contributed by atoms with E-state index in [2.05, 4.69) is 103 Å². The fourth-order valence-electron chi connectivity index (χ4n) is 5.23. The van der Waals surface area contributed by atoms with Crippen molar-refractivity contribution in [1.29, 1.82) is 0 Å². The van der Waals surface area contributed by atoms with Crippen LogP contribution in [0.15, 0.2) is 115 Å². The Morgan fingerprint density at radius 2 is 1.17 bits per heavy atom. The second-order valence-corrected chi connectivity index (χ2v) is 8.31. The zero-order valence-corrected chi connectivity index (χ0v) is 17.1. The Morgan fingerprint density at radius 1 is 0.500 bits per heavy atom. The van der Waals surface area contributed by atoms with E-state index >= 15 is 0 Å². The van der Waals surface area contributed by atoms with Gasteiger partial charge >= 0.3 is 0 Å². The van der Waals surface area contributed by atoms with Crippen molar-refractivity contribution in [3.8, 4) is 11.1 Å². The van der Waals surface area contributed by atoms with Crippen LogP contribution in [0.25, 0.3) is 21.9 Å². The summed E-state index contributed by atoms with van der Waals surface area (Å²) in [6, 6.07) is 41.3. The van der Waals surface area contributed by atoms with E-state index in [1.165, 1.54) is 44.2 Å². The van der Waals surface area contributed by atoms with Crippen LogP contribution in [0.4, 0.5) is 0 Å². The fourth-order valence-corrected chi connectivity index (χ4v) is 5.36. The summed E-state index contributed by atoms with van der Waals surface area (Å²) in [4.78, 5) is 0. The Bertz CT molecular complexity index is 1380. The molecule has 0 N–H and O–H groups in total. The van der Waals surface area contributed by atoms with Gasteiger partial charge in [0, 0.05) is 5.02 Å². The lowest BCUT2D eigenvalue weighted by Gasteiger charge is -2.34. The topological polar surface area (TPSA) is 0 Å². The Kier molecular flexibility index (Phi) is 3.84. The smallest absolute Gasteiger partial charge is 0.0719 e. The molecule has 0 bridgehead atoms. The lowest BCUT2D eigenvalue weighted by atomic mass is 9.67. The van der Waals surface area contributed by atoms with E-state index in [1.807, 2.05) is 12.1 Å². The quantitative estimate of drug-likeness (QED) is 0.276. The molecule has 0 radical (unpaired) electrons. The first-order valence-corrected chi connectivity index (χ1v) is 10.6. The van der Waals surface area contributed by atoms with E-state index in [0.29, 0.717) is 0 Å². The van der Waals surface area contributed by atoms with Gasteiger partial charge in [0.1, 0.15) is 0 Å². The van der Waals surface area contributed by atoms with Gasteiger partial charge < -0.3 is 0 Å². The molecular formula is C29H19Cl. The lowest BCUT2D eigenvalue weighted by Crippen LogP contribution is -2.28. The Labute approximate surface area is 181 Å². The van der Waals surface area contributed by atoms with E-state index in [4.69, 9.17) is 11.6 Å². The molecule has 0 aromatic heterocycles. The third kappa shape index (κ3) is 2.29. The molecule has 30 heavy (non-hydrogen) atoms. The van der Waals surface area contributed by atoms with Crippen molar-refractivity contribution >= 4 is 22.4 Å². The van der Waals surface area contributed by atoms with E-state index in [0.717, 1.165) is 5.02 Å². The molecule has 0 saturated heterocycles. The first-order valence-electron chi connectivity index (χ1n) is 10.2. The predicted molar refractivity (Wildman–Crippen MR) is 126 cm³/mol. The molecule has 0 nitrogen and oxygen atoms in total. The van der Waals surface area contributed by atoms with Gasteiger partial charge in [-0.2, -0.15) is 0 Å². The molecule has 6 rings (SSSR count). The van der Waals surface area contributed by atoms with Crippen molar-refractivity contribution in [3.05, 3.63) is 143 Å². The zero-order chi connectivity index (χ0) is 20.1. The summed E-state index contributed by atoms with van der Waals surface area (Å²) < 4.78 is 0. The lowest BCUT2D eigenvalue weighted by molar-refractivity contribution is 0.775. The van der Waals surface area contributed by atoms with Crippen molar-refractivity contribution in [1.82, 2.24) is 0 Å². The largest absolute Gasteiger partial charge is 0.0843 e. The van der Waals surface area contributed by atoms with Crippen LogP contribution in [-0.2, 0) is 5.41 Å². The molecule has 0 fully saturated rings. The van der Waals surface area contributed by atoms with Crippen molar-refractivity contribution < 1.29 is 0 Å². The van der Waals surface area contributed by atoms with Crippen molar-refractivity contribution in [2.24, 2.45) is 0 Å². The maximum atomic E-state index is 6.31. The monoisotopic (exact) mass is 402 g/mol. The Balaban J connectivity index is 1.86. The molecule has 5 aromatic rings. The highest BCUT2D eigenvalue weighted by Gasteiger charge is 2.46. The van der Waals surface area contributed by atoms with Gasteiger partial charge in [0.05, 0.1) is 5.41 Å². The molecule has 5 aromatic carbocycles. The van der Waals surface area contributed by atoms with Gasteiger partial charge in [0.2, 0.25) is 0 Å². The normalized spacial score (nSPS) is 17.0. The van der Waals surface area contributed by atoms with Gasteiger partial charge in [-0.1, -0.05) is 115 Å². The maximum Gasteiger partial charge on any atom is 0.0719 e. The summed E-state index contributed by atoms with van der Waals surface area (Å²) in [7, 11) is 0. The zero-order valence-electron chi connectivity index (χ0n) is 16.3. The summed E-state index contributed by atoms with van der Waals surface area (Å²) >= 11 is 6.31. The van der Waals surface area contributed by atoms with Crippen LogP contribution in [0.1, 0.15) is 22.3 Å². The highest BCUT2D eigenvalue weighted by Crippen LogP contribution is 2.57. The van der Waals surface area contributed by atoms with Crippen LogP contribution in [0, 0.1) is 0 Å². The van der Waals surface area contributed by atoms with Crippen LogP contribution in [0.2, 0.25) is 5.02 Å². The number of rotatable bonds is 2. The number of halogens is 1. The minimum Gasteiger partial charge on any atom is -0.0843 e. The average molecular weight is 403 g/mol. The third-order valence-electron chi connectivity index (χ3n) is 6.41. The second-order valence-electron chi connectivity index (χ2n) is 7.88. The molecular weight excluding hydrogens is 384 g/mol. The molecule has 0 aliphatic heterocycles. The van der Waals surface area contributed by atoms with E-state index in [1.54, 1.807) is 0 Å². The Hall–Kier alpha value is -3.35. The first kappa shape index (κ1) is 17.5. The molecule has 1 unspecified atom stereocenters. The number of hydrogen-bond donors (Lipinski definition) is 0. The molecule has 0 saturated carbocycles. The van der Waals surface area contributed by atoms with E-state index < -0.39 is 5.41 Å². The minimum atomic E-state index is -0.390. The van der Waals surface area contributed by atoms with Crippen molar-refractivity contribution in [3.63, 3.8) is 0 Å². The third-order valence-corrected chi connectivity index (χ3v) is 6.66. The molecule has 1 atom stereocenters. The van der Waals surface area contributed by atoms with E-state index in [-0.39, 0.29) is 0 Å². The molecule has 0 spiro atoms. The predicted octanol–water partition coefficient (Wildman–Crippen LogP) is 7.86. The van der Waals surface area contributed by atoms with Crippen LogP contribution < -0.4 is 0 Å². The van der Waals surface area contributed by atoms with Crippen LogP contribution >= 0.6 is 11.6 Å².